The molecule has 0 radical (unpaired) electrons. The Morgan fingerprint density at radius 3 is 2.31 bits per heavy atom. The molecule has 1 amide bonds. The van der Waals surface area contributed by atoms with Crippen molar-refractivity contribution < 1.29 is 14.3 Å². The molecule has 1 aliphatic carbocycles. The van der Waals surface area contributed by atoms with Crippen LogP contribution in [0.4, 0.5) is 0 Å². The summed E-state index contributed by atoms with van der Waals surface area (Å²) < 4.78 is 12.9. The maximum absolute atomic E-state index is 13.5. The molecule has 4 nitrogen and oxygen atoms in total. The number of ether oxygens (including phenoxy) is 2. The number of fused-ring (bicyclic) bond motifs is 1. The summed E-state index contributed by atoms with van der Waals surface area (Å²) in [4.78, 5) is 15.6. The topological polar surface area (TPSA) is 38.8 Å². The molecular weight excluding hydrogens is 446 g/mol. The summed E-state index contributed by atoms with van der Waals surface area (Å²) in [5.74, 6) is 1.89. The maximum Gasteiger partial charge on any atom is 0.257 e. The SMILES string of the molecule is C=CC=C.CC.CCC/C(=C\C(C)CC)OC1CCC2(CC1)OC1CCC(c3ccccc3)N1C2=O. The van der Waals surface area contributed by atoms with E-state index >= 15 is 0 Å². The van der Waals surface area contributed by atoms with Crippen LogP contribution in [-0.2, 0) is 14.3 Å². The van der Waals surface area contributed by atoms with Crippen molar-refractivity contribution >= 4 is 5.91 Å². The first-order valence-electron chi connectivity index (χ1n) is 14.1. The van der Waals surface area contributed by atoms with Gasteiger partial charge in [-0.15, -0.1) is 0 Å². The standard InChI is InChI=1S/C26H37NO3.C4H6.C2H6/c1-4-9-22(18-19(3)5-2)29-21-14-16-26(17-15-21)25(28)27-23(12-13-24(27)30-26)20-10-7-6-8-11-20;1-3-4-2;1-2/h6-8,10-11,18-19,21,23-24H,4-5,9,12-17H2,1-3H3;3-4H,1-2H2;1-2H3/b22-18+;;. The third-order valence-electron chi connectivity index (χ3n) is 7.34. The van der Waals surface area contributed by atoms with Crippen molar-refractivity contribution in [3.63, 3.8) is 0 Å². The Morgan fingerprint density at radius 2 is 1.75 bits per heavy atom. The van der Waals surface area contributed by atoms with E-state index in [4.69, 9.17) is 9.47 Å². The lowest BCUT2D eigenvalue weighted by Gasteiger charge is -2.36. The van der Waals surface area contributed by atoms with E-state index in [9.17, 15) is 4.79 Å². The van der Waals surface area contributed by atoms with E-state index in [1.54, 1.807) is 12.2 Å². The second kappa shape index (κ2) is 15.0. The van der Waals surface area contributed by atoms with E-state index < -0.39 is 5.60 Å². The summed E-state index contributed by atoms with van der Waals surface area (Å²) in [6.45, 7) is 17.4. The summed E-state index contributed by atoms with van der Waals surface area (Å²) in [6.07, 6.45) is 14.2. The first-order chi connectivity index (χ1) is 17.5. The van der Waals surface area contributed by atoms with Gasteiger partial charge in [0.05, 0.1) is 17.9 Å². The molecule has 4 heteroatoms. The van der Waals surface area contributed by atoms with Crippen molar-refractivity contribution in [3.05, 3.63) is 73.0 Å². The average molecular weight is 496 g/mol. The highest BCUT2D eigenvalue weighted by atomic mass is 16.6. The van der Waals surface area contributed by atoms with Crippen LogP contribution in [0.25, 0.3) is 0 Å². The van der Waals surface area contributed by atoms with Crippen molar-refractivity contribution in [2.24, 2.45) is 5.92 Å². The lowest BCUT2D eigenvalue weighted by atomic mass is 9.82. The number of benzene rings is 1. The molecule has 200 valence electrons. The van der Waals surface area contributed by atoms with Crippen molar-refractivity contribution in [3.8, 4) is 0 Å². The van der Waals surface area contributed by atoms with E-state index in [2.05, 4.69) is 64.3 Å². The largest absolute Gasteiger partial charge is 0.495 e. The molecule has 0 N–H and O–H groups in total. The highest BCUT2D eigenvalue weighted by Crippen LogP contribution is 2.49. The smallest absolute Gasteiger partial charge is 0.257 e. The van der Waals surface area contributed by atoms with E-state index in [-0.39, 0.29) is 24.3 Å². The molecule has 3 atom stereocenters. The van der Waals surface area contributed by atoms with Crippen LogP contribution in [0.2, 0.25) is 0 Å². The predicted molar refractivity (Wildman–Crippen MR) is 150 cm³/mol. The number of hydrogen-bond donors (Lipinski definition) is 0. The number of carbonyl (C=O) groups is 1. The Labute approximate surface area is 220 Å². The second-order valence-corrected chi connectivity index (χ2v) is 9.84. The second-order valence-electron chi connectivity index (χ2n) is 9.84. The van der Waals surface area contributed by atoms with Gasteiger partial charge in [0.1, 0.15) is 11.8 Å². The third-order valence-corrected chi connectivity index (χ3v) is 7.34. The number of hydrogen-bond acceptors (Lipinski definition) is 3. The molecule has 2 saturated heterocycles. The summed E-state index contributed by atoms with van der Waals surface area (Å²) in [5.41, 5.74) is 0.606. The van der Waals surface area contributed by atoms with Gasteiger partial charge in [-0.2, -0.15) is 0 Å². The Kier molecular flexibility index (Phi) is 12.5. The zero-order chi connectivity index (χ0) is 26.6. The number of allylic oxidation sites excluding steroid dienone is 4. The molecule has 3 fully saturated rings. The summed E-state index contributed by atoms with van der Waals surface area (Å²) in [6, 6.07) is 10.6. The van der Waals surface area contributed by atoms with E-state index in [1.165, 1.54) is 5.56 Å². The highest BCUT2D eigenvalue weighted by Gasteiger charge is 2.58. The molecule has 4 rings (SSSR count). The Morgan fingerprint density at radius 1 is 1.11 bits per heavy atom. The van der Waals surface area contributed by atoms with Crippen LogP contribution in [0.5, 0.6) is 0 Å². The number of carbonyl (C=O) groups excluding carboxylic acids is 1. The van der Waals surface area contributed by atoms with E-state index in [0.29, 0.717) is 5.92 Å². The number of nitrogens with zero attached hydrogens (tertiary/aromatic N) is 1. The van der Waals surface area contributed by atoms with Crippen molar-refractivity contribution in [2.45, 2.75) is 116 Å². The Bertz CT molecular complexity index is 832. The number of amides is 1. The van der Waals surface area contributed by atoms with Gasteiger partial charge in [0, 0.05) is 6.42 Å². The van der Waals surface area contributed by atoms with Crippen LogP contribution < -0.4 is 0 Å². The van der Waals surface area contributed by atoms with Gasteiger partial charge in [-0.25, -0.2) is 0 Å². The minimum Gasteiger partial charge on any atom is -0.495 e. The molecule has 2 heterocycles. The molecule has 3 unspecified atom stereocenters. The molecule has 0 aromatic heterocycles. The molecule has 0 bridgehead atoms. The van der Waals surface area contributed by atoms with Gasteiger partial charge in [0.25, 0.3) is 5.91 Å². The summed E-state index contributed by atoms with van der Waals surface area (Å²) in [7, 11) is 0. The zero-order valence-corrected chi connectivity index (χ0v) is 23.4. The van der Waals surface area contributed by atoms with Crippen LogP contribution in [0, 0.1) is 5.92 Å². The zero-order valence-electron chi connectivity index (χ0n) is 23.4. The van der Waals surface area contributed by atoms with Gasteiger partial charge in [0.2, 0.25) is 0 Å². The van der Waals surface area contributed by atoms with E-state index in [0.717, 1.165) is 63.5 Å². The van der Waals surface area contributed by atoms with Crippen LogP contribution >= 0.6 is 0 Å². The Balaban J connectivity index is 0.000000694. The molecular formula is C32H49NO3. The van der Waals surface area contributed by atoms with Crippen molar-refractivity contribution in [1.29, 1.82) is 0 Å². The lowest BCUT2D eigenvalue weighted by molar-refractivity contribution is -0.144. The molecule has 1 aromatic carbocycles. The van der Waals surface area contributed by atoms with Crippen LogP contribution in [0.1, 0.15) is 104 Å². The predicted octanol–water partition coefficient (Wildman–Crippen LogP) is 8.52. The molecule has 2 aliphatic heterocycles. The van der Waals surface area contributed by atoms with Gasteiger partial charge in [-0.1, -0.05) is 90.3 Å². The lowest BCUT2D eigenvalue weighted by Crippen LogP contribution is -2.45. The highest BCUT2D eigenvalue weighted by molar-refractivity contribution is 5.88. The van der Waals surface area contributed by atoms with Gasteiger partial charge in [-0.3, -0.25) is 4.79 Å². The maximum atomic E-state index is 13.5. The van der Waals surface area contributed by atoms with Gasteiger partial charge in [-0.05, 0) is 68.9 Å². The van der Waals surface area contributed by atoms with Gasteiger partial charge in [0.15, 0.2) is 0 Å². The van der Waals surface area contributed by atoms with Crippen molar-refractivity contribution in [1.82, 2.24) is 4.90 Å². The third kappa shape index (κ3) is 7.35. The first kappa shape index (κ1) is 29.9. The van der Waals surface area contributed by atoms with E-state index in [1.807, 2.05) is 24.8 Å². The fourth-order valence-corrected chi connectivity index (χ4v) is 5.30. The summed E-state index contributed by atoms with van der Waals surface area (Å²) >= 11 is 0. The first-order valence-corrected chi connectivity index (χ1v) is 14.1. The monoisotopic (exact) mass is 495 g/mol. The van der Waals surface area contributed by atoms with Gasteiger partial charge >= 0.3 is 0 Å². The van der Waals surface area contributed by atoms with Gasteiger partial charge < -0.3 is 14.4 Å². The molecule has 1 spiro atoms. The fourth-order valence-electron chi connectivity index (χ4n) is 5.30. The van der Waals surface area contributed by atoms with Crippen molar-refractivity contribution in [2.75, 3.05) is 0 Å². The Hall–Kier alpha value is -2.33. The number of rotatable bonds is 8. The normalized spacial score (nSPS) is 27.8. The van der Waals surface area contributed by atoms with Crippen LogP contribution in [0.3, 0.4) is 0 Å². The molecule has 1 aromatic rings. The molecule has 1 saturated carbocycles. The minimum absolute atomic E-state index is 0.0545. The van der Waals surface area contributed by atoms with Crippen LogP contribution in [0.15, 0.2) is 67.5 Å². The quantitative estimate of drug-likeness (QED) is 0.268. The average Bonchev–Trinajstić information content (AvgIpc) is 3.45. The fraction of sp³-hybridized carbons (Fsp3) is 0.594. The molecule has 36 heavy (non-hydrogen) atoms. The minimum atomic E-state index is -0.622. The summed E-state index contributed by atoms with van der Waals surface area (Å²) in [5, 5.41) is 0. The van der Waals surface area contributed by atoms with Crippen LogP contribution in [-0.4, -0.2) is 28.7 Å². The molecule has 3 aliphatic rings.